The van der Waals surface area contributed by atoms with Crippen LogP contribution < -0.4 is 5.32 Å². The molecule has 480 valence electrons. The van der Waals surface area contributed by atoms with E-state index in [4.69, 9.17) is 18.9 Å². The fraction of sp³-hybridized carbons (Fsp3) is 0.783. The quantitative estimate of drug-likeness (QED) is 0.0204. The Kier molecular flexibility index (Phi) is 49.1. The molecular formula is C69H121NO13. The zero-order valence-corrected chi connectivity index (χ0v) is 51.9. The van der Waals surface area contributed by atoms with Crippen molar-refractivity contribution in [3.8, 4) is 0 Å². The molecule has 0 aromatic heterocycles. The van der Waals surface area contributed by atoms with Crippen LogP contribution in [0.5, 0.6) is 0 Å². The van der Waals surface area contributed by atoms with Gasteiger partial charge in [0, 0.05) is 6.42 Å². The van der Waals surface area contributed by atoms with E-state index in [9.17, 15) is 45.6 Å². The van der Waals surface area contributed by atoms with Crippen molar-refractivity contribution in [1.82, 2.24) is 5.32 Å². The Labute approximate surface area is 503 Å². The summed E-state index contributed by atoms with van der Waals surface area (Å²) in [6.07, 6.45) is 56.2. The van der Waals surface area contributed by atoms with Crippen molar-refractivity contribution in [1.29, 1.82) is 0 Å². The van der Waals surface area contributed by atoms with Gasteiger partial charge < -0.3 is 65.1 Å². The summed E-state index contributed by atoms with van der Waals surface area (Å²) in [4.78, 5) is 13.3. The van der Waals surface area contributed by atoms with E-state index in [1.807, 2.05) is 6.08 Å². The predicted octanol–water partition coefficient (Wildman–Crippen LogP) is 12.8. The van der Waals surface area contributed by atoms with Gasteiger partial charge >= 0.3 is 0 Å². The first-order valence-corrected chi connectivity index (χ1v) is 33.3. The number of nitrogens with one attached hydrogen (secondary N) is 1. The standard InChI is InChI=1S/C69H121NO13/c1-3-5-7-9-11-13-15-17-19-21-23-25-27-29-31-33-35-37-39-41-43-45-47-49-51-53-61(74)70-57(56-80-68-66(79)64(77)67(60(55-72)82-68)83-69-65(78)63(76)62(75)59(54-71)81-69)58(73)52-50-48-46-44-42-40-38-36-34-32-30-28-26-24-22-20-18-16-14-12-10-8-6-4-2/h5,7,11,13,17,19,23,25,29,31,35,37,50,52,57-60,62-69,71-73,75-79H,3-4,6,8-10,12,14-16,18,20-22,24,26-28,30,32-34,36,38-49,51,53-56H2,1-2H3,(H,70,74)/b7-5-,13-11-,19-17-,25-23-,31-29-,37-35-,52-50+. The molecular weight excluding hydrogens is 1050 g/mol. The molecule has 14 heteroatoms. The highest BCUT2D eigenvalue weighted by Crippen LogP contribution is 2.30. The highest BCUT2D eigenvalue weighted by molar-refractivity contribution is 5.76. The van der Waals surface area contributed by atoms with E-state index >= 15 is 0 Å². The molecule has 2 rings (SSSR count). The number of carbonyl (C=O) groups is 1. The lowest BCUT2D eigenvalue weighted by Crippen LogP contribution is -2.65. The van der Waals surface area contributed by atoms with Gasteiger partial charge in [-0.1, -0.05) is 259 Å². The summed E-state index contributed by atoms with van der Waals surface area (Å²) in [5, 5.41) is 87.4. The van der Waals surface area contributed by atoms with Gasteiger partial charge in [0.25, 0.3) is 0 Å². The van der Waals surface area contributed by atoms with Crippen LogP contribution in [-0.4, -0.2) is 140 Å². The highest BCUT2D eigenvalue weighted by Gasteiger charge is 2.51. The van der Waals surface area contributed by atoms with Gasteiger partial charge in [0.2, 0.25) is 5.91 Å². The lowest BCUT2D eigenvalue weighted by molar-refractivity contribution is -0.359. The van der Waals surface area contributed by atoms with Gasteiger partial charge in [-0.3, -0.25) is 4.79 Å². The van der Waals surface area contributed by atoms with Crippen LogP contribution in [0.2, 0.25) is 0 Å². The maximum atomic E-state index is 13.3. The average molecular weight is 1170 g/mol. The van der Waals surface area contributed by atoms with Gasteiger partial charge in [0.05, 0.1) is 32.0 Å². The highest BCUT2D eigenvalue weighted by atomic mass is 16.7. The number of aliphatic hydroxyl groups is 8. The minimum absolute atomic E-state index is 0.255. The lowest BCUT2D eigenvalue weighted by Gasteiger charge is -2.46. The second-order valence-electron chi connectivity index (χ2n) is 23.2. The van der Waals surface area contributed by atoms with Crippen molar-refractivity contribution in [3.05, 3.63) is 85.1 Å². The van der Waals surface area contributed by atoms with E-state index in [-0.39, 0.29) is 18.9 Å². The minimum Gasteiger partial charge on any atom is -0.394 e. The van der Waals surface area contributed by atoms with Crippen LogP contribution in [0.3, 0.4) is 0 Å². The molecule has 14 nitrogen and oxygen atoms in total. The first kappa shape index (κ1) is 76.3. The number of aliphatic hydroxyl groups excluding tert-OH is 8. The molecule has 0 aliphatic carbocycles. The van der Waals surface area contributed by atoms with Crippen LogP contribution in [0.25, 0.3) is 0 Å². The number of ether oxygens (including phenoxy) is 4. The molecule has 0 saturated carbocycles. The van der Waals surface area contributed by atoms with E-state index in [2.05, 4.69) is 92.1 Å². The summed E-state index contributed by atoms with van der Waals surface area (Å²) in [7, 11) is 0. The Bertz CT molecular complexity index is 1710. The third-order valence-electron chi connectivity index (χ3n) is 15.8. The molecule has 2 fully saturated rings. The molecule has 0 aromatic carbocycles. The summed E-state index contributed by atoms with van der Waals surface area (Å²) in [5.74, 6) is -0.255. The number of hydrogen-bond acceptors (Lipinski definition) is 13. The van der Waals surface area contributed by atoms with Gasteiger partial charge in [-0.15, -0.1) is 0 Å². The van der Waals surface area contributed by atoms with Gasteiger partial charge in [0.15, 0.2) is 12.6 Å². The molecule has 0 spiro atoms. The smallest absolute Gasteiger partial charge is 0.220 e. The molecule has 0 bridgehead atoms. The molecule has 0 radical (unpaired) electrons. The van der Waals surface area contributed by atoms with Crippen LogP contribution in [0, 0.1) is 0 Å². The Balaban J connectivity index is 1.73. The van der Waals surface area contributed by atoms with Crippen molar-refractivity contribution in [2.75, 3.05) is 19.8 Å². The monoisotopic (exact) mass is 1170 g/mol. The van der Waals surface area contributed by atoms with Crippen molar-refractivity contribution in [3.63, 3.8) is 0 Å². The maximum absolute atomic E-state index is 13.3. The summed E-state index contributed by atoms with van der Waals surface area (Å²) < 4.78 is 22.8. The van der Waals surface area contributed by atoms with Gasteiger partial charge in [0.1, 0.15) is 48.8 Å². The normalized spacial score (nSPS) is 24.4. The Hall–Kier alpha value is -2.83. The second-order valence-corrected chi connectivity index (χ2v) is 23.2. The molecule has 12 atom stereocenters. The summed E-state index contributed by atoms with van der Waals surface area (Å²) >= 11 is 0. The Morgan fingerprint density at radius 2 is 0.831 bits per heavy atom. The molecule has 2 saturated heterocycles. The van der Waals surface area contributed by atoms with Crippen molar-refractivity contribution >= 4 is 5.91 Å². The van der Waals surface area contributed by atoms with Crippen LogP contribution in [0.1, 0.15) is 251 Å². The molecule has 2 aliphatic rings. The van der Waals surface area contributed by atoms with Crippen LogP contribution >= 0.6 is 0 Å². The van der Waals surface area contributed by atoms with Gasteiger partial charge in [-0.05, 0) is 70.6 Å². The molecule has 2 aliphatic heterocycles. The third-order valence-corrected chi connectivity index (χ3v) is 15.8. The fourth-order valence-electron chi connectivity index (χ4n) is 10.5. The Morgan fingerprint density at radius 3 is 1.28 bits per heavy atom. The van der Waals surface area contributed by atoms with Crippen molar-refractivity contribution in [2.45, 2.75) is 325 Å². The van der Waals surface area contributed by atoms with Crippen molar-refractivity contribution < 1.29 is 64.6 Å². The lowest BCUT2D eigenvalue weighted by atomic mass is 9.97. The van der Waals surface area contributed by atoms with Crippen LogP contribution in [-0.2, 0) is 23.7 Å². The van der Waals surface area contributed by atoms with Gasteiger partial charge in [-0.25, -0.2) is 0 Å². The molecule has 0 aromatic rings. The SMILES string of the molecule is CC/C=C\C/C=C\C/C=C\C/C=C\C/C=C\C/C=C\CCCCCCCCC(=O)NC(COC1OC(CO)C(OC2OC(CO)C(O)C(O)C2O)C(O)C1O)C(O)/C=C/CCCCCCCCCCCCCCCCCCCCCCCC. The fourth-order valence-corrected chi connectivity index (χ4v) is 10.5. The Morgan fingerprint density at radius 1 is 0.446 bits per heavy atom. The van der Waals surface area contributed by atoms with Crippen LogP contribution in [0.4, 0.5) is 0 Å². The number of hydrogen-bond donors (Lipinski definition) is 9. The number of carbonyl (C=O) groups excluding carboxylic acids is 1. The average Bonchev–Trinajstić information content (AvgIpc) is 3.65. The van der Waals surface area contributed by atoms with E-state index in [1.54, 1.807) is 6.08 Å². The topological polar surface area (TPSA) is 228 Å². The molecule has 1 amide bonds. The predicted molar refractivity (Wildman–Crippen MR) is 336 cm³/mol. The van der Waals surface area contributed by atoms with E-state index < -0.39 is 86.8 Å². The third kappa shape index (κ3) is 38.1. The van der Waals surface area contributed by atoms with Crippen LogP contribution in [0.15, 0.2) is 85.1 Å². The molecule has 9 N–H and O–H groups in total. The minimum atomic E-state index is -1.79. The second kappa shape index (κ2) is 53.4. The first-order valence-electron chi connectivity index (χ1n) is 33.3. The summed E-state index contributed by atoms with van der Waals surface area (Å²) in [6.45, 7) is 2.69. The summed E-state index contributed by atoms with van der Waals surface area (Å²) in [6, 6.07) is -0.930. The van der Waals surface area contributed by atoms with E-state index in [0.29, 0.717) is 6.42 Å². The van der Waals surface area contributed by atoms with E-state index in [1.165, 1.54) is 128 Å². The number of rotatable bonds is 53. The molecule has 12 unspecified atom stereocenters. The number of unbranched alkanes of at least 4 members (excludes halogenated alkanes) is 28. The maximum Gasteiger partial charge on any atom is 0.220 e. The largest absolute Gasteiger partial charge is 0.394 e. The van der Waals surface area contributed by atoms with Gasteiger partial charge in [-0.2, -0.15) is 0 Å². The van der Waals surface area contributed by atoms with Crippen molar-refractivity contribution in [2.24, 2.45) is 0 Å². The van der Waals surface area contributed by atoms with E-state index in [0.717, 1.165) is 96.3 Å². The summed E-state index contributed by atoms with van der Waals surface area (Å²) in [5.41, 5.74) is 0. The molecule has 83 heavy (non-hydrogen) atoms. The number of allylic oxidation sites excluding steroid dienone is 13. The molecule has 2 heterocycles. The zero-order chi connectivity index (χ0) is 60.2. The zero-order valence-electron chi connectivity index (χ0n) is 51.9. The first-order chi connectivity index (χ1) is 40.6. The number of amides is 1.